The second kappa shape index (κ2) is 6.58. The lowest BCUT2D eigenvalue weighted by atomic mass is 10.5. The Labute approximate surface area is 120 Å². The topological polar surface area (TPSA) is 71.1 Å². The molecule has 2 rings (SSSR count). The molecule has 2 aromatic rings. The van der Waals surface area contributed by atoms with Gasteiger partial charge in [0.15, 0.2) is 0 Å². The Morgan fingerprint density at radius 2 is 2.21 bits per heavy atom. The zero-order chi connectivity index (χ0) is 13.7. The number of thiophene rings is 1. The van der Waals surface area contributed by atoms with Crippen molar-refractivity contribution in [3.05, 3.63) is 32.9 Å². The Bertz CT molecular complexity index is 605. The van der Waals surface area contributed by atoms with E-state index in [-0.39, 0.29) is 0 Å². The molecule has 0 aromatic carbocycles. The largest absolute Gasteiger partial charge is 0.315 e. The van der Waals surface area contributed by atoms with Crippen molar-refractivity contribution in [3.8, 4) is 0 Å². The maximum Gasteiger partial charge on any atom is 0.241 e. The summed E-state index contributed by atoms with van der Waals surface area (Å²) in [5, 5.41) is 7.48. The molecule has 0 amide bonds. The molecule has 19 heavy (non-hydrogen) atoms. The summed E-state index contributed by atoms with van der Waals surface area (Å²) in [7, 11) is -1.57. The lowest BCUT2D eigenvalue weighted by Crippen LogP contribution is -2.25. The quantitative estimate of drug-likeness (QED) is 0.811. The molecule has 5 nitrogen and oxygen atoms in total. The highest BCUT2D eigenvalue weighted by Gasteiger charge is 2.15. The first-order valence-corrected chi connectivity index (χ1v) is 8.96. The number of hydrogen-bond acceptors (Lipinski definition) is 6. The van der Waals surface area contributed by atoms with Gasteiger partial charge in [0, 0.05) is 41.3 Å². The summed E-state index contributed by atoms with van der Waals surface area (Å²) in [4.78, 5) is 5.45. The van der Waals surface area contributed by atoms with Crippen molar-refractivity contribution in [2.24, 2.45) is 0 Å². The van der Waals surface area contributed by atoms with E-state index in [0.717, 1.165) is 9.88 Å². The third-order valence-corrected chi connectivity index (χ3v) is 5.77. The van der Waals surface area contributed by atoms with Crippen LogP contribution in [0.2, 0.25) is 0 Å². The van der Waals surface area contributed by atoms with E-state index in [9.17, 15) is 8.42 Å². The molecule has 0 saturated heterocycles. The number of sulfonamides is 1. The molecule has 104 valence electrons. The van der Waals surface area contributed by atoms with Gasteiger partial charge in [-0.2, -0.15) is 0 Å². The predicted octanol–water partition coefficient (Wildman–Crippen LogP) is 1.45. The van der Waals surface area contributed by atoms with Crippen LogP contribution in [0.5, 0.6) is 0 Å². The third-order valence-electron chi connectivity index (χ3n) is 2.41. The molecule has 0 aliphatic rings. The van der Waals surface area contributed by atoms with Gasteiger partial charge in [0.1, 0.15) is 0 Å². The third kappa shape index (κ3) is 4.08. The van der Waals surface area contributed by atoms with E-state index in [2.05, 4.69) is 15.0 Å². The van der Waals surface area contributed by atoms with Crippen molar-refractivity contribution in [3.63, 3.8) is 0 Å². The van der Waals surface area contributed by atoms with Gasteiger partial charge in [-0.25, -0.2) is 18.1 Å². The lowest BCUT2D eigenvalue weighted by molar-refractivity contribution is 0.582. The highest BCUT2D eigenvalue weighted by Crippen LogP contribution is 2.19. The first kappa shape index (κ1) is 14.6. The van der Waals surface area contributed by atoms with Gasteiger partial charge >= 0.3 is 0 Å². The number of nitrogens with zero attached hydrogens (tertiary/aromatic N) is 1. The van der Waals surface area contributed by atoms with E-state index in [1.165, 1.54) is 22.7 Å². The fourth-order valence-corrected chi connectivity index (χ4v) is 4.46. The zero-order valence-corrected chi connectivity index (χ0v) is 12.9. The van der Waals surface area contributed by atoms with Crippen molar-refractivity contribution in [1.29, 1.82) is 0 Å². The van der Waals surface area contributed by atoms with E-state index < -0.39 is 10.0 Å². The SMILES string of the molecule is CNCc1cc(S(=O)(=O)NCCc2nccs2)cs1. The van der Waals surface area contributed by atoms with E-state index >= 15 is 0 Å². The number of hydrogen-bond donors (Lipinski definition) is 2. The second-order valence-corrected chi connectivity index (χ2v) is 7.59. The molecule has 0 fully saturated rings. The molecule has 8 heteroatoms. The molecule has 0 aliphatic heterocycles. The smallest absolute Gasteiger partial charge is 0.241 e. The molecule has 0 bridgehead atoms. The van der Waals surface area contributed by atoms with Gasteiger partial charge in [-0.1, -0.05) is 0 Å². The maximum absolute atomic E-state index is 12.0. The summed E-state index contributed by atoms with van der Waals surface area (Å²) in [6, 6.07) is 1.70. The molecule has 2 heterocycles. The summed E-state index contributed by atoms with van der Waals surface area (Å²) >= 11 is 2.97. The molecule has 2 N–H and O–H groups in total. The van der Waals surface area contributed by atoms with Gasteiger partial charge in [0.25, 0.3) is 0 Å². The molecule has 2 aromatic heterocycles. The monoisotopic (exact) mass is 317 g/mol. The number of thiazole rings is 1. The predicted molar refractivity (Wildman–Crippen MR) is 78.1 cm³/mol. The van der Waals surface area contributed by atoms with Gasteiger partial charge in [-0.15, -0.1) is 22.7 Å². The fourth-order valence-electron chi connectivity index (χ4n) is 1.52. The second-order valence-electron chi connectivity index (χ2n) is 3.85. The fraction of sp³-hybridized carbons (Fsp3) is 0.364. The summed E-state index contributed by atoms with van der Waals surface area (Å²) in [5.41, 5.74) is 0. The molecule has 0 unspecified atom stereocenters. The lowest BCUT2D eigenvalue weighted by Gasteiger charge is -2.03. The Morgan fingerprint density at radius 3 is 2.89 bits per heavy atom. The Kier molecular flexibility index (Phi) is 5.06. The molecular formula is C11H15N3O2S3. The van der Waals surface area contributed by atoms with Crippen LogP contribution in [-0.4, -0.2) is 27.0 Å². The van der Waals surface area contributed by atoms with Crippen LogP contribution in [0.3, 0.4) is 0 Å². The Morgan fingerprint density at radius 1 is 1.37 bits per heavy atom. The van der Waals surface area contributed by atoms with Crippen molar-refractivity contribution >= 4 is 32.7 Å². The number of nitrogens with one attached hydrogen (secondary N) is 2. The minimum absolute atomic E-state index is 0.335. The molecule has 0 spiro atoms. The summed E-state index contributed by atoms with van der Waals surface area (Å²) in [6.45, 7) is 1.05. The van der Waals surface area contributed by atoms with Gasteiger partial charge in [-0.3, -0.25) is 0 Å². The normalized spacial score (nSPS) is 11.8. The minimum atomic E-state index is -3.40. The average molecular weight is 317 g/mol. The molecule has 0 aliphatic carbocycles. The van der Waals surface area contributed by atoms with Gasteiger partial charge in [-0.05, 0) is 13.1 Å². The van der Waals surface area contributed by atoms with Crippen LogP contribution < -0.4 is 10.0 Å². The summed E-state index contributed by atoms with van der Waals surface area (Å²) in [5.74, 6) is 0. The van der Waals surface area contributed by atoms with Gasteiger partial charge in [0.05, 0.1) is 9.90 Å². The van der Waals surface area contributed by atoms with Crippen LogP contribution in [0.25, 0.3) is 0 Å². The average Bonchev–Trinajstić information content (AvgIpc) is 3.00. The minimum Gasteiger partial charge on any atom is -0.315 e. The van der Waals surface area contributed by atoms with Crippen molar-refractivity contribution in [1.82, 2.24) is 15.0 Å². The number of rotatable bonds is 7. The van der Waals surface area contributed by atoms with E-state index in [1.54, 1.807) is 17.6 Å². The van der Waals surface area contributed by atoms with Crippen molar-refractivity contribution < 1.29 is 8.42 Å². The van der Waals surface area contributed by atoms with Crippen LogP contribution in [-0.2, 0) is 23.0 Å². The molecular weight excluding hydrogens is 302 g/mol. The Balaban J connectivity index is 1.93. The van der Waals surface area contributed by atoms with Gasteiger partial charge in [0.2, 0.25) is 10.0 Å². The van der Waals surface area contributed by atoms with Gasteiger partial charge < -0.3 is 5.32 Å². The van der Waals surface area contributed by atoms with E-state index in [0.29, 0.717) is 24.4 Å². The van der Waals surface area contributed by atoms with Crippen LogP contribution in [0.1, 0.15) is 9.88 Å². The number of aromatic nitrogens is 1. The van der Waals surface area contributed by atoms with Crippen LogP contribution in [0, 0.1) is 0 Å². The summed E-state index contributed by atoms with van der Waals surface area (Å²) in [6.07, 6.45) is 2.34. The highest BCUT2D eigenvalue weighted by atomic mass is 32.2. The van der Waals surface area contributed by atoms with Crippen LogP contribution in [0.15, 0.2) is 27.9 Å². The molecule has 0 radical (unpaired) electrons. The van der Waals surface area contributed by atoms with Crippen molar-refractivity contribution in [2.45, 2.75) is 17.9 Å². The Hall–Kier alpha value is -0.800. The van der Waals surface area contributed by atoms with Crippen molar-refractivity contribution in [2.75, 3.05) is 13.6 Å². The summed E-state index contributed by atoms with van der Waals surface area (Å²) < 4.78 is 26.7. The van der Waals surface area contributed by atoms with E-state index in [4.69, 9.17) is 0 Å². The molecule has 0 atom stereocenters. The van der Waals surface area contributed by atoms with Crippen LogP contribution in [0.4, 0.5) is 0 Å². The maximum atomic E-state index is 12.0. The zero-order valence-electron chi connectivity index (χ0n) is 10.4. The first-order chi connectivity index (χ1) is 9.12. The molecule has 0 saturated carbocycles. The highest BCUT2D eigenvalue weighted by molar-refractivity contribution is 7.89. The van der Waals surface area contributed by atoms with E-state index in [1.807, 2.05) is 12.4 Å². The van der Waals surface area contributed by atoms with Crippen LogP contribution >= 0.6 is 22.7 Å². The first-order valence-electron chi connectivity index (χ1n) is 5.72. The standard InChI is InChI=1S/C11H15N3O2S3/c1-12-7-9-6-10(8-18-9)19(15,16)14-3-2-11-13-4-5-17-11/h4-6,8,12,14H,2-3,7H2,1H3.